The number of aryl methyl sites for hydroxylation is 1. The maximum atomic E-state index is 11.4. The van der Waals surface area contributed by atoms with Crippen LogP contribution >= 0.6 is 0 Å². The summed E-state index contributed by atoms with van der Waals surface area (Å²) in [5.41, 5.74) is 12.0. The molecule has 0 unspecified atom stereocenters. The Kier molecular flexibility index (Phi) is 3.28. The van der Waals surface area contributed by atoms with E-state index < -0.39 is 18.5 Å². The molecule has 0 aromatic heterocycles. The second kappa shape index (κ2) is 4.45. The van der Waals surface area contributed by atoms with Gasteiger partial charge in [-0.2, -0.15) is 0 Å². The van der Waals surface area contributed by atoms with Crippen LogP contribution in [0.25, 0.3) is 0 Å². The highest BCUT2D eigenvalue weighted by Gasteiger charge is 2.11. The first kappa shape index (κ1) is 11.0. The summed E-state index contributed by atoms with van der Waals surface area (Å²) in [7, 11) is 0. The van der Waals surface area contributed by atoms with Crippen LogP contribution in [0.2, 0.25) is 0 Å². The van der Waals surface area contributed by atoms with Gasteiger partial charge in [0.2, 0.25) is 0 Å². The SMILES string of the molecule is Cc1cc(N)ccc1C(=O)OCC(N)=O. The lowest BCUT2D eigenvalue weighted by atomic mass is 10.1. The lowest BCUT2D eigenvalue weighted by Crippen LogP contribution is -2.21. The maximum Gasteiger partial charge on any atom is 0.338 e. The van der Waals surface area contributed by atoms with Crippen molar-refractivity contribution in [1.29, 1.82) is 0 Å². The van der Waals surface area contributed by atoms with Crippen molar-refractivity contribution in [2.24, 2.45) is 5.73 Å². The number of carbonyl (C=O) groups excluding carboxylic acids is 2. The Labute approximate surface area is 87.0 Å². The summed E-state index contributed by atoms with van der Waals surface area (Å²) in [4.78, 5) is 21.8. The number of nitrogens with two attached hydrogens (primary N) is 2. The molecule has 0 saturated carbocycles. The van der Waals surface area contributed by atoms with E-state index in [4.69, 9.17) is 11.5 Å². The fourth-order valence-electron chi connectivity index (χ4n) is 1.13. The number of rotatable bonds is 3. The van der Waals surface area contributed by atoms with Gasteiger partial charge in [0, 0.05) is 5.69 Å². The van der Waals surface area contributed by atoms with Crippen molar-refractivity contribution < 1.29 is 14.3 Å². The molecule has 4 N–H and O–H groups in total. The monoisotopic (exact) mass is 208 g/mol. The largest absolute Gasteiger partial charge is 0.452 e. The minimum atomic E-state index is -0.684. The third kappa shape index (κ3) is 2.98. The molecule has 5 heteroatoms. The fourth-order valence-corrected chi connectivity index (χ4v) is 1.13. The molecule has 0 bridgehead atoms. The molecule has 80 valence electrons. The summed E-state index contributed by atoms with van der Waals surface area (Å²) in [5.74, 6) is -1.26. The van der Waals surface area contributed by atoms with Crippen LogP contribution in [0.5, 0.6) is 0 Å². The lowest BCUT2D eigenvalue weighted by molar-refractivity contribution is -0.121. The van der Waals surface area contributed by atoms with Gasteiger partial charge >= 0.3 is 5.97 Å². The van der Waals surface area contributed by atoms with Gasteiger partial charge in [-0.3, -0.25) is 4.79 Å². The smallest absolute Gasteiger partial charge is 0.338 e. The number of amides is 1. The van der Waals surface area contributed by atoms with Gasteiger partial charge in [0.05, 0.1) is 5.56 Å². The first-order valence-electron chi connectivity index (χ1n) is 4.32. The molecule has 0 aliphatic rings. The van der Waals surface area contributed by atoms with Crippen LogP contribution in [-0.2, 0) is 9.53 Å². The Bertz CT molecular complexity index is 402. The molecule has 0 fully saturated rings. The summed E-state index contributed by atoms with van der Waals surface area (Å²) in [6.07, 6.45) is 0. The second-order valence-corrected chi connectivity index (χ2v) is 3.12. The van der Waals surface area contributed by atoms with Gasteiger partial charge < -0.3 is 16.2 Å². The van der Waals surface area contributed by atoms with E-state index in [9.17, 15) is 9.59 Å². The molecule has 0 heterocycles. The standard InChI is InChI=1S/C10H12N2O3/c1-6-4-7(11)2-3-8(6)10(14)15-5-9(12)13/h2-4H,5,11H2,1H3,(H2,12,13). The summed E-state index contributed by atoms with van der Waals surface area (Å²) in [6, 6.07) is 4.79. The number of nitrogen functional groups attached to an aromatic ring is 1. The highest BCUT2D eigenvalue weighted by atomic mass is 16.5. The van der Waals surface area contributed by atoms with Gasteiger partial charge in [-0.25, -0.2) is 4.79 Å². The van der Waals surface area contributed by atoms with Gasteiger partial charge in [0.1, 0.15) is 0 Å². The summed E-state index contributed by atoms with van der Waals surface area (Å²) in [5, 5.41) is 0. The Balaban J connectivity index is 2.78. The number of hydrogen-bond donors (Lipinski definition) is 2. The van der Waals surface area contributed by atoms with Gasteiger partial charge in [0.25, 0.3) is 5.91 Å². The predicted molar refractivity (Wildman–Crippen MR) is 55.1 cm³/mol. The number of hydrogen-bond acceptors (Lipinski definition) is 4. The third-order valence-corrected chi connectivity index (χ3v) is 1.82. The highest BCUT2D eigenvalue weighted by Crippen LogP contribution is 2.13. The van der Waals surface area contributed by atoms with E-state index in [1.54, 1.807) is 25.1 Å². The molecule has 1 aromatic carbocycles. The normalized spacial score (nSPS) is 9.67. The van der Waals surface area contributed by atoms with E-state index in [-0.39, 0.29) is 0 Å². The Morgan fingerprint density at radius 1 is 1.40 bits per heavy atom. The van der Waals surface area contributed by atoms with E-state index in [0.29, 0.717) is 16.8 Å². The van der Waals surface area contributed by atoms with Crippen LogP contribution in [0, 0.1) is 6.92 Å². The van der Waals surface area contributed by atoms with Crippen LogP contribution in [0.3, 0.4) is 0 Å². The fraction of sp³-hybridized carbons (Fsp3) is 0.200. The first-order valence-corrected chi connectivity index (χ1v) is 4.32. The van der Waals surface area contributed by atoms with Crippen molar-refractivity contribution in [1.82, 2.24) is 0 Å². The van der Waals surface area contributed by atoms with Crippen LogP contribution in [0.4, 0.5) is 5.69 Å². The van der Waals surface area contributed by atoms with Crippen LogP contribution in [0.1, 0.15) is 15.9 Å². The number of anilines is 1. The van der Waals surface area contributed by atoms with Crippen LogP contribution in [0.15, 0.2) is 18.2 Å². The zero-order valence-electron chi connectivity index (χ0n) is 8.32. The number of ether oxygens (including phenoxy) is 1. The van der Waals surface area contributed by atoms with E-state index in [1.807, 2.05) is 0 Å². The Morgan fingerprint density at radius 2 is 2.07 bits per heavy atom. The van der Waals surface area contributed by atoms with E-state index in [1.165, 1.54) is 0 Å². The molecule has 15 heavy (non-hydrogen) atoms. The van der Waals surface area contributed by atoms with E-state index in [0.717, 1.165) is 0 Å². The Hall–Kier alpha value is -2.04. The average Bonchev–Trinajstić information content (AvgIpc) is 2.14. The van der Waals surface area contributed by atoms with Crippen molar-refractivity contribution in [3.8, 4) is 0 Å². The molecule has 0 atom stereocenters. The lowest BCUT2D eigenvalue weighted by Gasteiger charge is -2.05. The van der Waals surface area contributed by atoms with Gasteiger partial charge in [-0.05, 0) is 30.7 Å². The van der Waals surface area contributed by atoms with E-state index >= 15 is 0 Å². The van der Waals surface area contributed by atoms with Crippen molar-refractivity contribution >= 4 is 17.6 Å². The molecule has 0 saturated heterocycles. The molecule has 1 rings (SSSR count). The zero-order chi connectivity index (χ0) is 11.4. The molecular weight excluding hydrogens is 196 g/mol. The van der Waals surface area contributed by atoms with Crippen LogP contribution < -0.4 is 11.5 Å². The molecule has 0 aliphatic heterocycles. The van der Waals surface area contributed by atoms with E-state index in [2.05, 4.69) is 4.74 Å². The number of primary amides is 1. The maximum absolute atomic E-state index is 11.4. The quantitative estimate of drug-likeness (QED) is 0.548. The molecule has 1 amide bonds. The highest BCUT2D eigenvalue weighted by molar-refractivity contribution is 5.92. The summed E-state index contributed by atoms with van der Waals surface area (Å²) >= 11 is 0. The molecule has 0 spiro atoms. The number of esters is 1. The number of benzene rings is 1. The van der Waals surface area contributed by atoms with Crippen molar-refractivity contribution in [2.45, 2.75) is 6.92 Å². The third-order valence-electron chi connectivity index (χ3n) is 1.82. The van der Waals surface area contributed by atoms with Gasteiger partial charge in [-0.15, -0.1) is 0 Å². The minimum absolute atomic E-state index is 0.380. The summed E-state index contributed by atoms with van der Waals surface area (Å²) in [6.45, 7) is 1.32. The van der Waals surface area contributed by atoms with Gasteiger partial charge in [-0.1, -0.05) is 0 Å². The predicted octanol–water partition coefficient (Wildman–Crippen LogP) is 0.219. The molecule has 0 radical (unpaired) electrons. The van der Waals surface area contributed by atoms with Crippen molar-refractivity contribution in [3.05, 3.63) is 29.3 Å². The van der Waals surface area contributed by atoms with Crippen LogP contribution in [-0.4, -0.2) is 18.5 Å². The minimum Gasteiger partial charge on any atom is -0.452 e. The molecular formula is C10H12N2O3. The molecule has 1 aromatic rings. The summed E-state index contributed by atoms with van der Waals surface area (Å²) < 4.78 is 4.66. The number of carbonyl (C=O) groups is 2. The van der Waals surface area contributed by atoms with Crippen molar-refractivity contribution in [3.63, 3.8) is 0 Å². The van der Waals surface area contributed by atoms with Gasteiger partial charge in [0.15, 0.2) is 6.61 Å². The second-order valence-electron chi connectivity index (χ2n) is 3.12. The first-order chi connectivity index (χ1) is 7.00. The molecule has 0 aliphatic carbocycles. The zero-order valence-corrected chi connectivity index (χ0v) is 8.32. The molecule has 5 nitrogen and oxygen atoms in total. The topological polar surface area (TPSA) is 95.4 Å². The Morgan fingerprint density at radius 3 is 2.60 bits per heavy atom. The average molecular weight is 208 g/mol. The van der Waals surface area contributed by atoms with Crippen molar-refractivity contribution in [2.75, 3.05) is 12.3 Å².